The van der Waals surface area contributed by atoms with Gasteiger partial charge in [-0.25, -0.2) is 0 Å². The molecule has 0 spiro atoms. The molecule has 1 saturated carbocycles. The molecule has 22 heavy (non-hydrogen) atoms. The lowest BCUT2D eigenvalue weighted by Gasteiger charge is -2.46. The van der Waals surface area contributed by atoms with Crippen LogP contribution in [0.15, 0.2) is 30.3 Å². The summed E-state index contributed by atoms with van der Waals surface area (Å²) in [4.78, 5) is 2.64. The first kappa shape index (κ1) is 16.0. The summed E-state index contributed by atoms with van der Waals surface area (Å²) in [5.74, 6) is 0.424. The highest BCUT2D eigenvalue weighted by Crippen LogP contribution is 2.31. The maximum absolute atomic E-state index is 10.3. The number of piperidine rings is 1. The van der Waals surface area contributed by atoms with Crippen molar-refractivity contribution in [2.45, 2.75) is 63.8 Å². The first-order valence-electron chi connectivity index (χ1n) is 8.95. The van der Waals surface area contributed by atoms with Gasteiger partial charge in [0.1, 0.15) is 0 Å². The zero-order valence-electron chi connectivity index (χ0n) is 13.7. The molecule has 3 rings (SSSR count). The standard InChI is InChI=1S/C19H30N2O/c1-2-19(22)16-11-17(14-21(13-16)18-9-6-10-18)20-12-15-7-4-3-5-8-15/h3-5,7-8,16-20,22H,2,6,9-14H2,1H3. The number of hydrogen-bond acceptors (Lipinski definition) is 3. The molecule has 2 N–H and O–H groups in total. The van der Waals surface area contributed by atoms with Crippen LogP contribution in [0.3, 0.4) is 0 Å². The lowest BCUT2D eigenvalue weighted by atomic mass is 9.84. The smallest absolute Gasteiger partial charge is 0.0578 e. The summed E-state index contributed by atoms with van der Waals surface area (Å²) in [6.45, 7) is 5.26. The highest BCUT2D eigenvalue weighted by molar-refractivity contribution is 5.14. The molecule has 0 bridgehead atoms. The molecular weight excluding hydrogens is 272 g/mol. The van der Waals surface area contributed by atoms with E-state index in [2.05, 4.69) is 47.5 Å². The molecule has 3 heteroatoms. The third-order valence-corrected chi connectivity index (χ3v) is 5.50. The molecule has 122 valence electrons. The van der Waals surface area contributed by atoms with Crippen molar-refractivity contribution in [2.24, 2.45) is 5.92 Å². The molecule has 1 heterocycles. The average molecular weight is 302 g/mol. The van der Waals surface area contributed by atoms with Gasteiger partial charge in [-0.1, -0.05) is 43.7 Å². The van der Waals surface area contributed by atoms with Gasteiger partial charge < -0.3 is 10.4 Å². The van der Waals surface area contributed by atoms with E-state index in [4.69, 9.17) is 0 Å². The molecule has 1 aromatic carbocycles. The Morgan fingerprint density at radius 3 is 2.64 bits per heavy atom. The zero-order chi connectivity index (χ0) is 15.4. The van der Waals surface area contributed by atoms with Crippen molar-refractivity contribution in [3.8, 4) is 0 Å². The summed E-state index contributed by atoms with van der Waals surface area (Å²) in [5, 5.41) is 14.0. The Kier molecular flexibility index (Phi) is 5.51. The molecular formula is C19H30N2O. The lowest BCUT2D eigenvalue weighted by Crippen LogP contribution is -2.55. The van der Waals surface area contributed by atoms with Crippen molar-refractivity contribution in [1.29, 1.82) is 0 Å². The van der Waals surface area contributed by atoms with Gasteiger partial charge >= 0.3 is 0 Å². The fraction of sp³-hybridized carbons (Fsp3) is 0.684. The van der Waals surface area contributed by atoms with Crippen molar-refractivity contribution in [3.63, 3.8) is 0 Å². The van der Waals surface area contributed by atoms with Crippen LogP contribution in [0.2, 0.25) is 0 Å². The fourth-order valence-electron chi connectivity index (χ4n) is 3.84. The fourth-order valence-corrected chi connectivity index (χ4v) is 3.84. The van der Waals surface area contributed by atoms with Gasteiger partial charge in [-0.3, -0.25) is 4.90 Å². The summed E-state index contributed by atoms with van der Waals surface area (Å²) >= 11 is 0. The number of nitrogens with zero attached hydrogens (tertiary/aromatic N) is 1. The van der Waals surface area contributed by atoms with Gasteiger partial charge in [0.25, 0.3) is 0 Å². The number of aliphatic hydroxyl groups excluding tert-OH is 1. The Labute approximate surface area is 134 Å². The highest BCUT2D eigenvalue weighted by atomic mass is 16.3. The minimum atomic E-state index is -0.149. The number of nitrogens with one attached hydrogen (secondary N) is 1. The normalized spacial score (nSPS) is 28.3. The number of likely N-dealkylation sites (tertiary alicyclic amines) is 1. The highest BCUT2D eigenvalue weighted by Gasteiger charge is 2.35. The van der Waals surface area contributed by atoms with Gasteiger partial charge in [0.2, 0.25) is 0 Å². The van der Waals surface area contributed by atoms with E-state index in [0.29, 0.717) is 12.0 Å². The Hall–Kier alpha value is -0.900. The van der Waals surface area contributed by atoms with Crippen LogP contribution in [0, 0.1) is 5.92 Å². The molecule has 0 radical (unpaired) electrons. The van der Waals surface area contributed by atoms with Gasteiger partial charge in [0.15, 0.2) is 0 Å². The molecule has 1 saturated heterocycles. The number of hydrogen-bond donors (Lipinski definition) is 2. The monoisotopic (exact) mass is 302 g/mol. The van der Waals surface area contributed by atoms with Crippen molar-refractivity contribution in [3.05, 3.63) is 35.9 Å². The van der Waals surface area contributed by atoms with E-state index in [0.717, 1.165) is 38.5 Å². The van der Waals surface area contributed by atoms with Crippen LogP contribution in [0.1, 0.15) is 44.6 Å². The Morgan fingerprint density at radius 2 is 2.00 bits per heavy atom. The second-order valence-corrected chi connectivity index (χ2v) is 7.07. The molecule has 2 aliphatic rings. The van der Waals surface area contributed by atoms with Crippen molar-refractivity contribution >= 4 is 0 Å². The van der Waals surface area contributed by atoms with Crippen LogP contribution in [0.25, 0.3) is 0 Å². The van der Waals surface area contributed by atoms with E-state index in [1.165, 1.54) is 24.8 Å². The third kappa shape index (κ3) is 3.89. The Balaban J connectivity index is 1.58. The molecule has 1 aliphatic carbocycles. The third-order valence-electron chi connectivity index (χ3n) is 5.50. The summed E-state index contributed by atoms with van der Waals surface area (Å²) in [7, 11) is 0. The van der Waals surface area contributed by atoms with Crippen molar-refractivity contribution in [1.82, 2.24) is 10.2 Å². The van der Waals surface area contributed by atoms with E-state index in [1.54, 1.807) is 0 Å². The van der Waals surface area contributed by atoms with E-state index < -0.39 is 0 Å². The van der Waals surface area contributed by atoms with E-state index in [9.17, 15) is 5.11 Å². The molecule has 3 unspecified atom stereocenters. The molecule has 3 atom stereocenters. The zero-order valence-corrected chi connectivity index (χ0v) is 13.7. The molecule has 3 nitrogen and oxygen atoms in total. The summed E-state index contributed by atoms with van der Waals surface area (Å²) in [5.41, 5.74) is 1.34. The molecule has 0 aromatic heterocycles. The summed E-state index contributed by atoms with van der Waals surface area (Å²) in [6.07, 6.45) is 5.90. The SMILES string of the molecule is CCC(O)C1CC(NCc2ccccc2)CN(C2CCC2)C1. The van der Waals surface area contributed by atoms with Gasteiger partial charge in [-0.15, -0.1) is 0 Å². The van der Waals surface area contributed by atoms with E-state index in [1.807, 2.05) is 0 Å². The summed E-state index contributed by atoms with van der Waals surface area (Å²) in [6, 6.07) is 11.9. The maximum atomic E-state index is 10.3. The van der Waals surface area contributed by atoms with Gasteiger partial charge in [0.05, 0.1) is 6.10 Å². The Morgan fingerprint density at radius 1 is 1.23 bits per heavy atom. The number of benzene rings is 1. The topological polar surface area (TPSA) is 35.5 Å². The van der Waals surface area contributed by atoms with Gasteiger partial charge in [0, 0.05) is 31.7 Å². The van der Waals surface area contributed by atoms with Crippen LogP contribution in [-0.2, 0) is 6.54 Å². The number of rotatable bonds is 6. The molecule has 0 amide bonds. The van der Waals surface area contributed by atoms with Crippen molar-refractivity contribution in [2.75, 3.05) is 13.1 Å². The van der Waals surface area contributed by atoms with Crippen LogP contribution < -0.4 is 5.32 Å². The van der Waals surface area contributed by atoms with E-state index >= 15 is 0 Å². The van der Waals surface area contributed by atoms with Crippen LogP contribution in [0.5, 0.6) is 0 Å². The van der Waals surface area contributed by atoms with Crippen molar-refractivity contribution < 1.29 is 5.11 Å². The van der Waals surface area contributed by atoms with Gasteiger partial charge in [-0.05, 0) is 37.2 Å². The van der Waals surface area contributed by atoms with Gasteiger partial charge in [-0.2, -0.15) is 0 Å². The first-order chi connectivity index (χ1) is 10.8. The molecule has 1 aliphatic heterocycles. The summed E-state index contributed by atoms with van der Waals surface area (Å²) < 4.78 is 0. The first-order valence-corrected chi connectivity index (χ1v) is 8.95. The average Bonchev–Trinajstić information content (AvgIpc) is 2.51. The Bertz CT molecular complexity index is 433. The molecule has 2 fully saturated rings. The van der Waals surface area contributed by atoms with Crippen LogP contribution >= 0.6 is 0 Å². The minimum Gasteiger partial charge on any atom is -0.393 e. The molecule has 1 aromatic rings. The lowest BCUT2D eigenvalue weighted by molar-refractivity contribution is 0.00250. The number of aliphatic hydroxyl groups is 1. The quantitative estimate of drug-likeness (QED) is 0.848. The van der Waals surface area contributed by atoms with E-state index in [-0.39, 0.29) is 6.10 Å². The second kappa shape index (κ2) is 7.58. The van der Waals surface area contributed by atoms with Crippen LogP contribution in [0.4, 0.5) is 0 Å². The largest absolute Gasteiger partial charge is 0.393 e. The van der Waals surface area contributed by atoms with Crippen LogP contribution in [-0.4, -0.2) is 41.3 Å². The minimum absolute atomic E-state index is 0.149. The second-order valence-electron chi connectivity index (χ2n) is 7.07. The predicted molar refractivity (Wildman–Crippen MR) is 90.7 cm³/mol. The maximum Gasteiger partial charge on any atom is 0.0578 e. The predicted octanol–water partition coefficient (Wildman–Crippen LogP) is 2.79.